The highest BCUT2D eigenvalue weighted by molar-refractivity contribution is 7.88. The number of sulfonamides is 1. The standard InChI is InChI=1S/C25H30N2O4S/c1-26-13-12-25-18-8-9-19(27(2)32(29,30)15-16-6-4-3-5-7-16)24(25)31-22-11-10-21(28)17(23(22)25)14-20(18)26/h3-7,10-11,18-20,24,28H,8-9,12-15H2,1-2H3/t18-,19-,20+,24-,25-/m0/s1. The van der Waals surface area contributed by atoms with Crippen LogP contribution in [0.15, 0.2) is 42.5 Å². The topological polar surface area (TPSA) is 70.1 Å². The van der Waals surface area contributed by atoms with E-state index in [4.69, 9.17) is 4.74 Å². The number of phenols is 1. The molecule has 7 heteroatoms. The van der Waals surface area contributed by atoms with Crippen molar-refractivity contribution in [1.82, 2.24) is 9.21 Å². The van der Waals surface area contributed by atoms with Crippen LogP contribution in [-0.2, 0) is 27.6 Å². The van der Waals surface area contributed by atoms with Crippen LogP contribution in [0, 0.1) is 5.92 Å². The third-order valence-corrected chi connectivity index (χ3v) is 10.5. The van der Waals surface area contributed by atoms with E-state index in [1.807, 2.05) is 36.4 Å². The second-order valence-electron chi connectivity index (χ2n) is 10.0. The van der Waals surface area contributed by atoms with Gasteiger partial charge in [-0.2, -0.15) is 4.31 Å². The molecule has 0 unspecified atom stereocenters. The first-order chi connectivity index (χ1) is 15.3. The Morgan fingerprint density at radius 3 is 2.75 bits per heavy atom. The number of likely N-dealkylation sites (tertiary alicyclic amines) is 1. The molecule has 5 atom stereocenters. The van der Waals surface area contributed by atoms with E-state index in [0.717, 1.165) is 54.7 Å². The molecular weight excluding hydrogens is 424 g/mol. The van der Waals surface area contributed by atoms with E-state index in [1.165, 1.54) is 0 Å². The number of hydrogen-bond donors (Lipinski definition) is 1. The van der Waals surface area contributed by atoms with Gasteiger partial charge in [-0.05, 0) is 62.9 Å². The predicted octanol–water partition coefficient (Wildman–Crippen LogP) is 2.89. The van der Waals surface area contributed by atoms with Crippen LogP contribution in [0.1, 0.15) is 36.0 Å². The van der Waals surface area contributed by atoms with Crippen molar-refractivity contribution in [2.24, 2.45) is 5.92 Å². The van der Waals surface area contributed by atoms with E-state index < -0.39 is 10.0 Å². The quantitative estimate of drug-likeness (QED) is 0.769. The smallest absolute Gasteiger partial charge is 0.218 e. The van der Waals surface area contributed by atoms with Gasteiger partial charge in [-0.3, -0.25) is 0 Å². The van der Waals surface area contributed by atoms with E-state index in [-0.39, 0.29) is 23.3 Å². The number of ether oxygens (including phenoxy) is 1. The van der Waals surface area contributed by atoms with E-state index in [1.54, 1.807) is 17.4 Å². The van der Waals surface area contributed by atoms with Gasteiger partial charge in [-0.1, -0.05) is 30.3 Å². The van der Waals surface area contributed by atoms with Crippen LogP contribution in [0.2, 0.25) is 0 Å². The van der Waals surface area contributed by atoms with Gasteiger partial charge in [0.15, 0.2) is 0 Å². The molecule has 1 N–H and O–H groups in total. The molecule has 2 aromatic carbocycles. The lowest BCUT2D eigenvalue weighted by molar-refractivity contribution is -0.0675. The lowest BCUT2D eigenvalue weighted by atomic mass is 9.51. The maximum absolute atomic E-state index is 13.4. The zero-order chi connectivity index (χ0) is 22.3. The van der Waals surface area contributed by atoms with Crippen molar-refractivity contribution < 1.29 is 18.3 Å². The first kappa shape index (κ1) is 20.5. The normalized spacial score (nSPS) is 33.1. The number of rotatable bonds is 4. The van der Waals surface area contributed by atoms with Gasteiger partial charge in [0.25, 0.3) is 0 Å². The third-order valence-electron chi connectivity index (χ3n) is 8.68. The summed E-state index contributed by atoms with van der Waals surface area (Å²) in [6, 6.07) is 13.1. The fourth-order valence-electron chi connectivity index (χ4n) is 7.19. The SMILES string of the molecule is CN1CC[C@@]23c4c5ccc(O)c4C[C@@H]1[C@@H]2CC[C@H](N(C)S(=O)(=O)Cc1ccccc1)[C@@H]3O5. The van der Waals surface area contributed by atoms with Crippen LogP contribution >= 0.6 is 0 Å². The first-order valence-corrected chi connectivity index (χ1v) is 13.2. The molecule has 2 aliphatic carbocycles. The molecule has 6 rings (SSSR count). The van der Waals surface area contributed by atoms with Crippen LogP contribution in [0.25, 0.3) is 0 Å². The predicted molar refractivity (Wildman–Crippen MR) is 122 cm³/mol. The minimum atomic E-state index is -3.50. The van der Waals surface area contributed by atoms with E-state index in [9.17, 15) is 13.5 Å². The first-order valence-electron chi connectivity index (χ1n) is 11.5. The molecular formula is C25H30N2O4S. The number of nitrogens with zero attached hydrogens (tertiary/aromatic N) is 2. The molecule has 1 saturated heterocycles. The van der Waals surface area contributed by atoms with Gasteiger partial charge in [0.05, 0.1) is 11.8 Å². The zero-order valence-corrected chi connectivity index (χ0v) is 19.4. The maximum Gasteiger partial charge on any atom is 0.218 e. The Morgan fingerprint density at radius 1 is 1.19 bits per heavy atom. The number of phenolic OH excluding ortho intramolecular Hbond substituents is 1. The van der Waals surface area contributed by atoms with Crippen molar-refractivity contribution in [3.05, 3.63) is 59.2 Å². The van der Waals surface area contributed by atoms with Gasteiger partial charge >= 0.3 is 0 Å². The minimum Gasteiger partial charge on any atom is -0.508 e. The summed E-state index contributed by atoms with van der Waals surface area (Å²) in [6.07, 6.45) is 3.31. The van der Waals surface area contributed by atoms with Crippen molar-refractivity contribution in [2.75, 3.05) is 20.6 Å². The molecule has 2 aromatic rings. The molecule has 0 aromatic heterocycles. The average molecular weight is 455 g/mol. The molecule has 2 fully saturated rings. The number of likely N-dealkylation sites (N-methyl/N-ethyl adjacent to an activating group) is 2. The number of piperidine rings is 1. The minimum absolute atomic E-state index is 0.00562. The van der Waals surface area contributed by atoms with Gasteiger partial charge in [0.1, 0.15) is 17.6 Å². The molecule has 2 bridgehead atoms. The van der Waals surface area contributed by atoms with Crippen LogP contribution in [0.4, 0.5) is 0 Å². The monoisotopic (exact) mass is 454 g/mol. The summed E-state index contributed by atoms with van der Waals surface area (Å²) in [5, 5.41) is 10.7. The molecule has 4 aliphatic rings. The van der Waals surface area contributed by atoms with Gasteiger partial charge in [-0.25, -0.2) is 8.42 Å². The second-order valence-corrected chi connectivity index (χ2v) is 12.1. The van der Waals surface area contributed by atoms with Crippen molar-refractivity contribution >= 4 is 10.0 Å². The summed E-state index contributed by atoms with van der Waals surface area (Å²) in [5.74, 6) is 1.60. The Balaban J connectivity index is 1.41. The molecule has 6 nitrogen and oxygen atoms in total. The highest BCUT2D eigenvalue weighted by Crippen LogP contribution is 2.63. The molecule has 2 aliphatic heterocycles. The summed E-state index contributed by atoms with van der Waals surface area (Å²) >= 11 is 0. The molecule has 1 saturated carbocycles. The largest absolute Gasteiger partial charge is 0.508 e. The van der Waals surface area contributed by atoms with Gasteiger partial charge in [0.2, 0.25) is 10.0 Å². The highest BCUT2D eigenvalue weighted by Gasteiger charge is 2.66. The lowest BCUT2D eigenvalue weighted by Gasteiger charge is -2.59. The van der Waals surface area contributed by atoms with Crippen LogP contribution in [0.3, 0.4) is 0 Å². The van der Waals surface area contributed by atoms with E-state index >= 15 is 0 Å². The molecule has 0 amide bonds. The molecule has 170 valence electrons. The Hall–Kier alpha value is -2.09. The zero-order valence-electron chi connectivity index (χ0n) is 18.6. The van der Waals surface area contributed by atoms with Crippen molar-refractivity contribution in [1.29, 1.82) is 0 Å². The summed E-state index contributed by atoms with van der Waals surface area (Å²) in [6.45, 7) is 0.961. The summed E-state index contributed by atoms with van der Waals surface area (Å²) in [4.78, 5) is 2.43. The second kappa shape index (κ2) is 6.95. The molecule has 1 spiro atoms. The number of benzene rings is 2. The van der Waals surface area contributed by atoms with Crippen molar-refractivity contribution in [3.8, 4) is 11.5 Å². The lowest BCUT2D eigenvalue weighted by Crippen LogP contribution is -2.68. The van der Waals surface area contributed by atoms with E-state index in [2.05, 4.69) is 11.9 Å². The Labute approximate surface area is 189 Å². The summed E-state index contributed by atoms with van der Waals surface area (Å²) < 4.78 is 35.0. The van der Waals surface area contributed by atoms with Gasteiger partial charge in [0, 0.05) is 29.6 Å². The average Bonchev–Trinajstić information content (AvgIpc) is 3.11. The van der Waals surface area contributed by atoms with Crippen molar-refractivity contribution in [3.63, 3.8) is 0 Å². The maximum atomic E-state index is 13.4. The Kier molecular flexibility index (Phi) is 4.46. The summed E-state index contributed by atoms with van der Waals surface area (Å²) in [7, 11) is 0.395. The van der Waals surface area contributed by atoms with Crippen LogP contribution in [-0.4, -0.2) is 61.6 Å². The van der Waals surface area contributed by atoms with Gasteiger partial charge in [-0.15, -0.1) is 0 Å². The van der Waals surface area contributed by atoms with Crippen LogP contribution < -0.4 is 4.74 Å². The Morgan fingerprint density at radius 2 is 1.97 bits per heavy atom. The Bertz CT molecular complexity index is 1170. The van der Waals surface area contributed by atoms with Crippen LogP contribution in [0.5, 0.6) is 11.5 Å². The van der Waals surface area contributed by atoms with Gasteiger partial charge < -0.3 is 14.7 Å². The number of aromatic hydroxyl groups is 1. The molecule has 32 heavy (non-hydrogen) atoms. The summed E-state index contributed by atoms with van der Waals surface area (Å²) in [5.41, 5.74) is 2.74. The highest BCUT2D eigenvalue weighted by atomic mass is 32.2. The number of hydrogen-bond acceptors (Lipinski definition) is 5. The molecule has 2 heterocycles. The van der Waals surface area contributed by atoms with Crippen molar-refractivity contribution in [2.45, 2.75) is 55.0 Å². The third kappa shape index (κ3) is 2.68. The fourth-order valence-corrected chi connectivity index (χ4v) is 8.63. The molecule has 0 radical (unpaired) electrons. The van der Waals surface area contributed by atoms with E-state index in [0.29, 0.717) is 17.7 Å². The fraction of sp³-hybridized carbons (Fsp3) is 0.520.